The summed E-state index contributed by atoms with van der Waals surface area (Å²) in [6.45, 7) is 6.07. The number of ether oxygens (including phenoxy) is 2. The molecular formula is C13H20O4S. The Morgan fingerprint density at radius 3 is 2.89 bits per heavy atom. The molecule has 1 N–H and O–H groups in total. The van der Waals surface area contributed by atoms with Crippen LogP contribution in [0, 0.1) is 11.8 Å². The number of hydrogen-bond donors (Lipinski definition) is 1. The van der Waals surface area contributed by atoms with E-state index in [1.807, 2.05) is 11.8 Å². The van der Waals surface area contributed by atoms with Gasteiger partial charge in [0.2, 0.25) is 0 Å². The summed E-state index contributed by atoms with van der Waals surface area (Å²) in [5.74, 6) is -0.201. The van der Waals surface area contributed by atoms with Gasteiger partial charge in [0.1, 0.15) is 11.4 Å². The molecule has 0 aromatic rings. The van der Waals surface area contributed by atoms with Crippen molar-refractivity contribution in [1.29, 1.82) is 0 Å². The lowest BCUT2D eigenvalue weighted by Gasteiger charge is -2.45. The molecule has 2 heterocycles. The smallest absolute Gasteiger partial charge is 0.198 e. The van der Waals surface area contributed by atoms with Gasteiger partial charge in [-0.25, -0.2) is 0 Å². The van der Waals surface area contributed by atoms with Crippen molar-refractivity contribution < 1.29 is 19.4 Å². The van der Waals surface area contributed by atoms with Gasteiger partial charge in [0.15, 0.2) is 12.1 Å². The Morgan fingerprint density at radius 1 is 1.50 bits per heavy atom. The fourth-order valence-electron chi connectivity index (χ4n) is 3.26. The Bertz CT molecular complexity index is 385. The average Bonchev–Trinajstić information content (AvgIpc) is 2.40. The summed E-state index contributed by atoms with van der Waals surface area (Å²) in [6.07, 6.45) is 0.242. The summed E-state index contributed by atoms with van der Waals surface area (Å²) >= 11 is 1.82. The van der Waals surface area contributed by atoms with Crippen molar-refractivity contribution in [3.05, 3.63) is 0 Å². The fraction of sp³-hybridized carbons (Fsp3) is 0.923. The Balaban J connectivity index is 1.85. The highest BCUT2D eigenvalue weighted by molar-refractivity contribution is 7.99. The summed E-state index contributed by atoms with van der Waals surface area (Å²) in [5.41, 5.74) is -0.845. The summed E-state index contributed by atoms with van der Waals surface area (Å²) in [5, 5.41) is 11.0. The third-order valence-corrected chi connectivity index (χ3v) is 5.67. The van der Waals surface area contributed by atoms with Gasteiger partial charge in [-0.3, -0.25) is 4.79 Å². The van der Waals surface area contributed by atoms with E-state index in [0.717, 1.165) is 5.75 Å². The van der Waals surface area contributed by atoms with Gasteiger partial charge in [0.25, 0.3) is 0 Å². The Kier molecular flexibility index (Phi) is 2.83. The molecule has 3 bridgehead atoms. The number of hydrogen-bond acceptors (Lipinski definition) is 5. The van der Waals surface area contributed by atoms with E-state index in [1.165, 1.54) is 0 Å². The highest BCUT2D eigenvalue weighted by Crippen LogP contribution is 2.56. The molecule has 0 spiro atoms. The fourth-order valence-corrected chi connectivity index (χ4v) is 4.26. The van der Waals surface area contributed by atoms with E-state index in [9.17, 15) is 9.90 Å². The number of carbonyl (C=O) groups excluding carboxylic acids is 1. The normalized spacial score (nSPS) is 50.3. The van der Waals surface area contributed by atoms with Crippen molar-refractivity contribution in [2.45, 2.75) is 56.5 Å². The third-order valence-electron chi connectivity index (χ3n) is 4.42. The molecule has 0 aromatic heterocycles. The first-order valence-electron chi connectivity index (χ1n) is 6.57. The summed E-state index contributed by atoms with van der Waals surface area (Å²) in [4.78, 5) is 12.2. The first kappa shape index (κ1) is 12.9. The van der Waals surface area contributed by atoms with E-state index >= 15 is 0 Å². The summed E-state index contributed by atoms with van der Waals surface area (Å²) < 4.78 is 11.6. The Labute approximate surface area is 111 Å². The van der Waals surface area contributed by atoms with Crippen molar-refractivity contribution in [3.8, 4) is 0 Å². The van der Waals surface area contributed by atoms with Crippen molar-refractivity contribution in [1.82, 2.24) is 0 Å². The maximum atomic E-state index is 12.2. The van der Waals surface area contributed by atoms with Gasteiger partial charge < -0.3 is 14.6 Å². The molecular weight excluding hydrogens is 252 g/mol. The molecule has 5 atom stereocenters. The number of aliphatic hydroxyl groups is 1. The van der Waals surface area contributed by atoms with Crippen LogP contribution in [0.25, 0.3) is 0 Å². The quantitative estimate of drug-likeness (QED) is 0.845. The number of ketones is 1. The van der Waals surface area contributed by atoms with Gasteiger partial charge in [-0.2, -0.15) is 11.8 Å². The minimum atomic E-state index is -1.25. The molecule has 1 aliphatic carbocycles. The molecule has 2 saturated heterocycles. The van der Waals surface area contributed by atoms with E-state index in [-0.39, 0.29) is 24.0 Å². The SMILES string of the molecule is CC(C)SCC1[C@H]2O[C@@]3(C)CC(=O)[C@@H]1C[C@]3(O)O2. The highest BCUT2D eigenvalue weighted by atomic mass is 32.2. The van der Waals surface area contributed by atoms with Crippen molar-refractivity contribution in [2.24, 2.45) is 11.8 Å². The minimum Gasteiger partial charge on any atom is -0.363 e. The average molecular weight is 272 g/mol. The predicted octanol–water partition coefficient (Wildman–Crippen LogP) is 1.56. The summed E-state index contributed by atoms with van der Waals surface area (Å²) in [7, 11) is 0. The second-order valence-electron chi connectivity index (χ2n) is 6.12. The molecule has 4 nitrogen and oxygen atoms in total. The maximum Gasteiger partial charge on any atom is 0.198 e. The van der Waals surface area contributed by atoms with Gasteiger partial charge >= 0.3 is 0 Å². The summed E-state index contributed by atoms with van der Waals surface area (Å²) in [6, 6.07) is 0. The lowest BCUT2D eigenvalue weighted by molar-refractivity contribution is -0.266. The van der Waals surface area contributed by atoms with Gasteiger partial charge in [-0.1, -0.05) is 13.8 Å². The predicted molar refractivity (Wildman–Crippen MR) is 68.1 cm³/mol. The molecule has 0 aromatic carbocycles. The van der Waals surface area contributed by atoms with Crippen molar-refractivity contribution >= 4 is 17.5 Å². The molecule has 0 amide bonds. The van der Waals surface area contributed by atoms with Gasteiger partial charge in [-0.05, 0) is 12.2 Å². The van der Waals surface area contributed by atoms with Crippen LogP contribution in [0.15, 0.2) is 0 Å². The van der Waals surface area contributed by atoms with Crippen LogP contribution in [0.1, 0.15) is 33.6 Å². The molecule has 18 heavy (non-hydrogen) atoms. The maximum absolute atomic E-state index is 12.2. The minimum absolute atomic E-state index is 0.0782. The van der Waals surface area contributed by atoms with E-state index < -0.39 is 17.7 Å². The van der Waals surface area contributed by atoms with Crippen LogP contribution in [-0.2, 0) is 14.3 Å². The van der Waals surface area contributed by atoms with E-state index in [0.29, 0.717) is 11.7 Å². The van der Waals surface area contributed by atoms with Crippen LogP contribution < -0.4 is 0 Å². The molecule has 5 heteroatoms. The number of carbonyl (C=O) groups is 1. The standard InChI is InChI=1S/C13H20O4S/c1-7(2)18-6-9-8-4-13(15)12(3,5-10(8)14)16-11(9)17-13/h7-9,11,15H,4-6H2,1-3H3/t8-,9?,11+,12+,13+/m1/s1. The van der Waals surface area contributed by atoms with Crippen LogP contribution in [0.3, 0.4) is 0 Å². The topological polar surface area (TPSA) is 55.8 Å². The number of Topliss-reactive ketones (excluding diaryl/α,β-unsaturated/α-hetero) is 1. The van der Waals surface area contributed by atoms with Gasteiger partial charge in [0.05, 0.1) is 0 Å². The molecule has 3 fully saturated rings. The first-order chi connectivity index (χ1) is 8.35. The Hall–Kier alpha value is -0.100. The zero-order valence-electron chi connectivity index (χ0n) is 11.0. The lowest BCUT2D eigenvalue weighted by Crippen LogP contribution is -2.59. The molecule has 0 radical (unpaired) electrons. The van der Waals surface area contributed by atoms with Crippen LogP contribution >= 0.6 is 11.8 Å². The molecule has 2 aliphatic heterocycles. The van der Waals surface area contributed by atoms with E-state index in [4.69, 9.17) is 9.47 Å². The zero-order chi connectivity index (χ0) is 13.1. The van der Waals surface area contributed by atoms with Crippen LogP contribution in [-0.4, -0.2) is 39.6 Å². The second kappa shape index (κ2) is 3.95. The van der Waals surface area contributed by atoms with Crippen LogP contribution in [0.2, 0.25) is 0 Å². The van der Waals surface area contributed by atoms with E-state index in [2.05, 4.69) is 13.8 Å². The molecule has 3 aliphatic rings. The molecule has 1 unspecified atom stereocenters. The molecule has 102 valence electrons. The number of thioether (sulfide) groups is 1. The van der Waals surface area contributed by atoms with Crippen LogP contribution in [0.4, 0.5) is 0 Å². The van der Waals surface area contributed by atoms with Crippen LogP contribution in [0.5, 0.6) is 0 Å². The van der Waals surface area contributed by atoms with Gasteiger partial charge in [-0.15, -0.1) is 0 Å². The molecule has 3 rings (SSSR count). The molecule has 1 saturated carbocycles. The largest absolute Gasteiger partial charge is 0.363 e. The highest BCUT2D eigenvalue weighted by Gasteiger charge is 2.69. The lowest BCUT2D eigenvalue weighted by atomic mass is 9.70. The van der Waals surface area contributed by atoms with Crippen molar-refractivity contribution in [2.75, 3.05) is 5.75 Å². The number of fused-ring (bicyclic) bond motifs is 2. The third kappa shape index (κ3) is 1.68. The Morgan fingerprint density at radius 2 is 2.22 bits per heavy atom. The van der Waals surface area contributed by atoms with E-state index in [1.54, 1.807) is 6.92 Å². The zero-order valence-corrected chi connectivity index (χ0v) is 11.8. The van der Waals surface area contributed by atoms with Gasteiger partial charge in [0, 0.05) is 30.4 Å². The second-order valence-corrected chi connectivity index (χ2v) is 7.73. The van der Waals surface area contributed by atoms with Crippen molar-refractivity contribution in [3.63, 3.8) is 0 Å². The number of rotatable bonds is 3. The first-order valence-corrected chi connectivity index (χ1v) is 7.62. The monoisotopic (exact) mass is 272 g/mol.